The second-order valence-electron chi connectivity index (χ2n) is 19.2. The Morgan fingerprint density at radius 2 is 1.57 bits per heavy atom. The Hall–Kier alpha value is -2.31. The Balaban J connectivity index is 1.19. The van der Waals surface area contributed by atoms with Crippen molar-refractivity contribution >= 4 is 5.97 Å². The molecule has 0 aromatic heterocycles. The number of aliphatic hydroxyl groups is 2. The SMILES string of the molecule is CC[C@H](C)[C@H]1O[C@@]2(C=C[C@@H]1C)C[C@@H]1C[C@@H](C/C=C(\C)[C@@H](O[C@H]3C[C@@H](OC)[C@H](O[C@H]4C[C@@H](OC)[C@H](O)[C@@H](C)O4)[C@@H](C)O3)[C@@H](C)/C=C/C=C3\CO[C@@H]4[C@@H](OC)C(C)=C[C@@H](C(=O)O1)[C@@]34O)O2. The van der Waals surface area contributed by atoms with Crippen molar-refractivity contribution in [2.75, 3.05) is 27.9 Å². The van der Waals surface area contributed by atoms with Crippen LogP contribution in [0.2, 0.25) is 0 Å². The van der Waals surface area contributed by atoms with Gasteiger partial charge in [0.25, 0.3) is 0 Å². The van der Waals surface area contributed by atoms with Crippen LogP contribution in [0.5, 0.6) is 0 Å². The molecule has 0 radical (unpaired) electrons. The van der Waals surface area contributed by atoms with Gasteiger partial charge in [-0.1, -0.05) is 70.6 Å². The van der Waals surface area contributed by atoms with Gasteiger partial charge in [-0.3, -0.25) is 4.79 Å². The van der Waals surface area contributed by atoms with Gasteiger partial charge in [0.1, 0.15) is 42.0 Å². The lowest BCUT2D eigenvalue weighted by Crippen LogP contribution is -2.58. The minimum Gasteiger partial charge on any atom is -0.462 e. The van der Waals surface area contributed by atoms with Crippen molar-refractivity contribution in [3.63, 3.8) is 0 Å². The van der Waals surface area contributed by atoms with E-state index >= 15 is 0 Å². The van der Waals surface area contributed by atoms with Gasteiger partial charge in [0.05, 0.1) is 49.3 Å². The fourth-order valence-electron chi connectivity index (χ4n) is 10.9. The van der Waals surface area contributed by atoms with Crippen LogP contribution in [-0.2, 0) is 56.9 Å². The number of methoxy groups -OCH3 is 3. The predicted octanol–water partition coefficient (Wildman–Crippen LogP) is 6.03. The Bertz CT molecular complexity index is 1740. The van der Waals surface area contributed by atoms with E-state index in [0.29, 0.717) is 37.7 Å². The summed E-state index contributed by atoms with van der Waals surface area (Å²) in [7, 11) is 4.82. The fraction of sp³-hybridized carbons (Fsp3) is 0.776. The topological polar surface area (TPSA) is 159 Å². The van der Waals surface area contributed by atoms with Crippen LogP contribution in [0.25, 0.3) is 0 Å². The van der Waals surface area contributed by atoms with Gasteiger partial charge in [-0.25, -0.2) is 0 Å². The Morgan fingerprint density at radius 3 is 2.29 bits per heavy atom. The molecule has 0 amide bonds. The highest BCUT2D eigenvalue weighted by Gasteiger charge is 2.60. The zero-order chi connectivity index (χ0) is 45.4. The summed E-state index contributed by atoms with van der Waals surface area (Å²) in [5, 5.41) is 23.2. The first-order chi connectivity index (χ1) is 30.0. The highest BCUT2D eigenvalue weighted by Crippen LogP contribution is 2.48. The highest BCUT2D eigenvalue weighted by molar-refractivity contribution is 5.78. The molecule has 0 saturated carbocycles. The lowest BCUT2D eigenvalue weighted by atomic mass is 9.70. The number of allylic oxidation sites excluding steroid dienone is 2. The van der Waals surface area contributed by atoms with E-state index in [-0.39, 0.29) is 42.7 Å². The first-order valence-corrected chi connectivity index (χ1v) is 23.2. The smallest absolute Gasteiger partial charge is 0.316 e. The fourth-order valence-corrected chi connectivity index (χ4v) is 10.9. The second kappa shape index (κ2) is 20.3. The van der Waals surface area contributed by atoms with Crippen LogP contribution in [0.3, 0.4) is 0 Å². The van der Waals surface area contributed by atoms with E-state index in [1.54, 1.807) is 34.3 Å². The molecule has 0 aromatic carbocycles. The van der Waals surface area contributed by atoms with Gasteiger partial charge < -0.3 is 62.3 Å². The first kappa shape index (κ1) is 48.6. The molecule has 7 aliphatic rings. The lowest BCUT2D eigenvalue weighted by Gasteiger charge is -2.48. The average Bonchev–Trinajstić information content (AvgIpc) is 3.59. The number of carbonyl (C=O) groups is 1. The third-order valence-corrected chi connectivity index (χ3v) is 14.7. The molecule has 6 aliphatic heterocycles. The van der Waals surface area contributed by atoms with E-state index in [9.17, 15) is 15.0 Å². The number of rotatable bonds is 9. The van der Waals surface area contributed by atoms with Crippen molar-refractivity contribution in [3.8, 4) is 0 Å². The summed E-state index contributed by atoms with van der Waals surface area (Å²) in [6.45, 7) is 16.4. The number of ether oxygens (including phenoxy) is 11. The van der Waals surface area contributed by atoms with Crippen molar-refractivity contribution in [2.24, 2.45) is 23.7 Å². The Kier molecular flexibility index (Phi) is 15.7. The molecule has 354 valence electrons. The molecule has 14 heteroatoms. The van der Waals surface area contributed by atoms with Crippen molar-refractivity contribution in [1.29, 1.82) is 0 Å². The number of hydrogen-bond donors (Lipinski definition) is 2. The molecule has 4 fully saturated rings. The molecule has 63 heavy (non-hydrogen) atoms. The number of hydrogen-bond acceptors (Lipinski definition) is 14. The standard InChI is InChI=1S/C49H74O14/c1-12-26(2)43-29(5)18-19-48(63-43)24-35-21-34(62-48)17-16-28(4)42(60-40-23-38(54-10)45(32(8)58-40)61-39-22-37(53-9)41(50)31(7)57-39)27(3)14-13-15-33-25-56-46-44(55-11)30(6)20-36(47(51)59-35)49(33,46)52/h13-16,18-20,26-27,29,31-32,34-46,50,52H,12,17,21-25H2,1-11H3/b14-13+,28-16+,33-15+/t26-,27-,29-,31+,32+,34+,35-,36-,37+,38+,39-,40-,41+,42-,43+,44-,45+,46+,48-,49-/m0/s1. The van der Waals surface area contributed by atoms with E-state index < -0.39 is 90.8 Å². The molecule has 2 bridgehead atoms. The van der Waals surface area contributed by atoms with Crippen LogP contribution in [0.1, 0.15) is 93.9 Å². The van der Waals surface area contributed by atoms with E-state index in [1.807, 2.05) is 38.2 Å². The quantitative estimate of drug-likeness (QED) is 0.204. The predicted molar refractivity (Wildman–Crippen MR) is 232 cm³/mol. The summed E-state index contributed by atoms with van der Waals surface area (Å²) < 4.78 is 70.0. The second-order valence-corrected chi connectivity index (χ2v) is 19.2. The Labute approximate surface area is 374 Å². The minimum atomic E-state index is -1.71. The van der Waals surface area contributed by atoms with Gasteiger partial charge in [-0.05, 0) is 62.8 Å². The van der Waals surface area contributed by atoms with Gasteiger partial charge in [0.2, 0.25) is 0 Å². The third kappa shape index (κ3) is 10.0. The van der Waals surface area contributed by atoms with Gasteiger partial charge in [0, 0.05) is 58.8 Å². The van der Waals surface area contributed by atoms with Gasteiger partial charge >= 0.3 is 5.97 Å². The van der Waals surface area contributed by atoms with Crippen LogP contribution in [0, 0.1) is 23.7 Å². The van der Waals surface area contributed by atoms with Crippen molar-refractivity contribution in [2.45, 2.75) is 191 Å². The zero-order valence-corrected chi connectivity index (χ0v) is 39.2. The molecular formula is C49H74O14. The van der Waals surface area contributed by atoms with Crippen LogP contribution in [0.4, 0.5) is 0 Å². The van der Waals surface area contributed by atoms with E-state index in [4.69, 9.17) is 52.1 Å². The van der Waals surface area contributed by atoms with Crippen LogP contribution in [-0.4, -0.2) is 141 Å². The van der Waals surface area contributed by atoms with Crippen molar-refractivity contribution in [1.82, 2.24) is 0 Å². The van der Waals surface area contributed by atoms with E-state index in [1.165, 1.54) is 0 Å². The summed E-state index contributed by atoms with van der Waals surface area (Å²) in [4.78, 5) is 14.5. The molecule has 14 nitrogen and oxygen atoms in total. The van der Waals surface area contributed by atoms with Crippen molar-refractivity contribution < 1.29 is 67.1 Å². The molecule has 20 atom stereocenters. The van der Waals surface area contributed by atoms with Crippen molar-refractivity contribution in [3.05, 3.63) is 59.3 Å². The summed E-state index contributed by atoms with van der Waals surface area (Å²) >= 11 is 0. The summed E-state index contributed by atoms with van der Waals surface area (Å²) in [6.07, 6.45) is 9.95. The average molecular weight is 887 g/mol. The normalized spacial score (nSPS) is 48.6. The molecule has 0 unspecified atom stereocenters. The molecule has 6 heterocycles. The molecule has 7 rings (SSSR count). The molecule has 1 aliphatic carbocycles. The maximum Gasteiger partial charge on any atom is 0.316 e. The van der Waals surface area contributed by atoms with Crippen LogP contribution < -0.4 is 0 Å². The minimum absolute atomic E-state index is 0.0805. The zero-order valence-electron chi connectivity index (χ0n) is 39.2. The molecule has 4 saturated heterocycles. The summed E-state index contributed by atoms with van der Waals surface area (Å²) in [5.41, 5.74) is 0.626. The van der Waals surface area contributed by atoms with Gasteiger partial charge in [-0.2, -0.15) is 0 Å². The number of esters is 1. The molecule has 1 spiro atoms. The Morgan fingerprint density at radius 1 is 0.857 bits per heavy atom. The molecule has 0 aromatic rings. The molecule has 2 N–H and O–H groups in total. The highest BCUT2D eigenvalue weighted by atomic mass is 16.7. The van der Waals surface area contributed by atoms with E-state index in [0.717, 1.165) is 17.6 Å². The van der Waals surface area contributed by atoms with Crippen LogP contribution >= 0.6 is 0 Å². The molecular weight excluding hydrogens is 813 g/mol. The third-order valence-electron chi connectivity index (χ3n) is 14.7. The summed E-state index contributed by atoms with van der Waals surface area (Å²) in [6, 6.07) is 0. The maximum atomic E-state index is 14.5. The number of fused-ring (bicyclic) bond motifs is 2. The van der Waals surface area contributed by atoms with E-state index in [2.05, 4.69) is 46.8 Å². The van der Waals surface area contributed by atoms with Gasteiger partial charge in [-0.15, -0.1) is 0 Å². The lowest BCUT2D eigenvalue weighted by molar-refractivity contribution is -0.318. The van der Waals surface area contributed by atoms with Gasteiger partial charge in [0.15, 0.2) is 18.4 Å². The monoisotopic (exact) mass is 887 g/mol. The van der Waals surface area contributed by atoms with Crippen LogP contribution in [0.15, 0.2) is 59.3 Å². The maximum absolute atomic E-state index is 14.5. The largest absolute Gasteiger partial charge is 0.462 e. The first-order valence-electron chi connectivity index (χ1n) is 23.2. The number of aliphatic hydroxyl groups excluding tert-OH is 1. The summed E-state index contributed by atoms with van der Waals surface area (Å²) in [5.74, 6) is -2.35. The number of carbonyl (C=O) groups excluding carboxylic acids is 1.